The van der Waals surface area contributed by atoms with E-state index in [0.717, 1.165) is 6.07 Å². The highest BCUT2D eigenvalue weighted by molar-refractivity contribution is 6.01. The molecule has 2 heterocycles. The molecule has 3 N–H and O–H groups in total. The predicted molar refractivity (Wildman–Crippen MR) is 114 cm³/mol. The van der Waals surface area contributed by atoms with Crippen LogP contribution < -0.4 is 16.2 Å². The molecule has 0 aliphatic rings. The van der Waals surface area contributed by atoms with Gasteiger partial charge in [0.2, 0.25) is 0 Å². The second-order valence-corrected chi connectivity index (χ2v) is 7.11. The van der Waals surface area contributed by atoms with Crippen LogP contribution in [0.2, 0.25) is 0 Å². The van der Waals surface area contributed by atoms with Gasteiger partial charge in [0.15, 0.2) is 5.75 Å². The molecule has 31 heavy (non-hydrogen) atoms. The Labute approximate surface area is 177 Å². The number of nitrogens with one attached hydrogen (secondary N) is 2. The fraction of sp³-hybridized carbons (Fsp3) is 0.273. The average Bonchev–Trinajstić information content (AvgIpc) is 2.76. The molecule has 0 saturated carbocycles. The molecular weight excluding hydrogens is 403 g/mol. The SMILES string of the molecule is CCCNC(=O)c1c(O)c2ncc(Cc3ccc(F)cc3C(=O)NC)cc2n(C)c1=O. The molecule has 3 rings (SSSR count). The Balaban J connectivity index is 2.07. The van der Waals surface area contributed by atoms with Gasteiger partial charge in [-0.3, -0.25) is 19.4 Å². The van der Waals surface area contributed by atoms with E-state index in [-0.39, 0.29) is 23.1 Å². The Morgan fingerprint density at radius 2 is 1.97 bits per heavy atom. The largest absolute Gasteiger partial charge is 0.505 e. The zero-order chi connectivity index (χ0) is 22.7. The van der Waals surface area contributed by atoms with Crippen molar-refractivity contribution in [1.82, 2.24) is 20.2 Å². The number of hydrogen-bond donors (Lipinski definition) is 3. The highest BCUT2D eigenvalue weighted by Gasteiger charge is 2.22. The van der Waals surface area contributed by atoms with E-state index in [9.17, 15) is 23.9 Å². The Morgan fingerprint density at radius 1 is 1.23 bits per heavy atom. The van der Waals surface area contributed by atoms with Gasteiger partial charge in [0.05, 0.1) is 5.52 Å². The molecule has 3 aromatic rings. The maximum atomic E-state index is 13.6. The molecule has 0 bridgehead atoms. The lowest BCUT2D eigenvalue weighted by molar-refractivity contribution is 0.0945. The van der Waals surface area contributed by atoms with E-state index in [0.29, 0.717) is 29.6 Å². The van der Waals surface area contributed by atoms with Crippen LogP contribution in [0, 0.1) is 5.82 Å². The molecule has 9 heteroatoms. The molecule has 0 unspecified atom stereocenters. The van der Waals surface area contributed by atoms with Crippen molar-refractivity contribution < 1.29 is 19.1 Å². The van der Waals surface area contributed by atoms with E-state index in [1.165, 1.54) is 37.0 Å². The number of aryl methyl sites for hydroxylation is 1. The van der Waals surface area contributed by atoms with Gasteiger partial charge < -0.3 is 20.3 Å². The number of halogens is 1. The predicted octanol–water partition coefficient (Wildman–Crippen LogP) is 1.87. The Bertz CT molecular complexity index is 1240. The summed E-state index contributed by atoms with van der Waals surface area (Å²) < 4.78 is 14.9. The fourth-order valence-corrected chi connectivity index (χ4v) is 3.33. The number of benzene rings is 1. The highest BCUT2D eigenvalue weighted by atomic mass is 19.1. The molecule has 0 spiro atoms. The molecule has 0 aliphatic heterocycles. The van der Waals surface area contributed by atoms with Crippen LogP contribution in [0.15, 0.2) is 35.3 Å². The summed E-state index contributed by atoms with van der Waals surface area (Å²) >= 11 is 0. The fourth-order valence-electron chi connectivity index (χ4n) is 3.33. The van der Waals surface area contributed by atoms with E-state index >= 15 is 0 Å². The third kappa shape index (κ3) is 4.25. The molecule has 1 aromatic carbocycles. The molecule has 0 saturated heterocycles. The molecule has 8 nitrogen and oxygen atoms in total. The standard InChI is InChI=1S/C22H23FN4O4/c1-4-7-25-21(30)17-19(28)18-16(27(3)22(17)31)9-12(11-26-18)8-13-5-6-14(23)10-15(13)20(29)24-2/h5-6,9-11,28H,4,7-8H2,1-3H3,(H,24,29)(H,25,30). The van der Waals surface area contributed by atoms with Gasteiger partial charge in [-0.05, 0) is 42.2 Å². The van der Waals surface area contributed by atoms with Crippen molar-refractivity contribution in [2.24, 2.45) is 7.05 Å². The summed E-state index contributed by atoms with van der Waals surface area (Å²) in [5.41, 5.74) is 0.846. The summed E-state index contributed by atoms with van der Waals surface area (Å²) in [6.45, 7) is 2.25. The Kier molecular flexibility index (Phi) is 6.33. The highest BCUT2D eigenvalue weighted by Crippen LogP contribution is 2.26. The van der Waals surface area contributed by atoms with Crippen LogP contribution in [0.3, 0.4) is 0 Å². The monoisotopic (exact) mass is 426 g/mol. The topological polar surface area (TPSA) is 113 Å². The average molecular weight is 426 g/mol. The summed E-state index contributed by atoms with van der Waals surface area (Å²) in [5.74, 6) is -2.09. The number of amides is 2. The Hall–Kier alpha value is -3.75. The normalized spacial score (nSPS) is 10.8. The van der Waals surface area contributed by atoms with E-state index in [4.69, 9.17) is 0 Å². The van der Waals surface area contributed by atoms with Crippen LogP contribution in [0.1, 0.15) is 45.2 Å². The number of hydrogen-bond acceptors (Lipinski definition) is 5. The molecule has 0 fully saturated rings. The van der Waals surface area contributed by atoms with Gasteiger partial charge in [-0.15, -0.1) is 0 Å². The number of carbonyl (C=O) groups excluding carboxylic acids is 2. The summed E-state index contributed by atoms with van der Waals surface area (Å²) in [4.78, 5) is 41.4. The summed E-state index contributed by atoms with van der Waals surface area (Å²) in [7, 11) is 2.95. The van der Waals surface area contributed by atoms with E-state index < -0.39 is 28.9 Å². The third-order valence-corrected chi connectivity index (χ3v) is 4.97. The van der Waals surface area contributed by atoms with Crippen molar-refractivity contribution in [2.45, 2.75) is 19.8 Å². The van der Waals surface area contributed by atoms with Gasteiger partial charge in [0, 0.05) is 32.4 Å². The van der Waals surface area contributed by atoms with E-state index in [1.807, 2.05) is 6.92 Å². The van der Waals surface area contributed by atoms with E-state index in [2.05, 4.69) is 15.6 Å². The zero-order valence-electron chi connectivity index (χ0n) is 17.5. The van der Waals surface area contributed by atoms with E-state index in [1.54, 1.807) is 6.07 Å². The minimum Gasteiger partial charge on any atom is -0.505 e. The summed E-state index contributed by atoms with van der Waals surface area (Å²) in [6, 6.07) is 5.58. The third-order valence-electron chi connectivity index (χ3n) is 4.97. The van der Waals surface area contributed by atoms with Gasteiger partial charge in [-0.2, -0.15) is 0 Å². The van der Waals surface area contributed by atoms with Crippen molar-refractivity contribution in [1.29, 1.82) is 0 Å². The molecule has 2 aromatic heterocycles. The summed E-state index contributed by atoms with van der Waals surface area (Å²) in [5, 5.41) is 15.6. The lowest BCUT2D eigenvalue weighted by atomic mass is 9.99. The number of pyridine rings is 2. The number of aromatic nitrogens is 2. The van der Waals surface area contributed by atoms with Crippen LogP contribution in [-0.2, 0) is 13.5 Å². The second kappa shape index (κ2) is 8.95. The number of carbonyl (C=O) groups is 2. The number of nitrogens with zero attached hydrogens (tertiary/aromatic N) is 2. The molecule has 0 aliphatic carbocycles. The quantitative estimate of drug-likeness (QED) is 0.557. The lowest BCUT2D eigenvalue weighted by Crippen LogP contribution is -2.33. The van der Waals surface area contributed by atoms with Crippen LogP contribution in [0.25, 0.3) is 11.0 Å². The van der Waals surface area contributed by atoms with Crippen molar-refractivity contribution in [3.63, 3.8) is 0 Å². The number of rotatable bonds is 6. The first-order valence-electron chi connectivity index (χ1n) is 9.77. The lowest BCUT2D eigenvalue weighted by Gasteiger charge is -2.13. The molecule has 0 atom stereocenters. The molecule has 0 radical (unpaired) electrons. The van der Waals surface area contributed by atoms with Crippen molar-refractivity contribution >= 4 is 22.8 Å². The summed E-state index contributed by atoms with van der Waals surface area (Å²) in [6.07, 6.45) is 2.42. The van der Waals surface area contributed by atoms with Gasteiger partial charge in [0.25, 0.3) is 17.4 Å². The van der Waals surface area contributed by atoms with Crippen molar-refractivity contribution in [3.8, 4) is 5.75 Å². The first-order chi connectivity index (χ1) is 14.8. The van der Waals surface area contributed by atoms with Crippen LogP contribution in [-0.4, -0.2) is 40.1 Å². The van der Waals surface area contributed by atoms with Gasteiger partial charge in [-0.25, -0.2) is 4.39 Å². The minimum absolute atomic E-state index is 0.109. The smallest absolute Gasteiger partial charge is 0.267 e. The first kappa shape index (κ1) is 21.9. The van der Waals surface area contributed by atoms with Gasteiger partial charge in [-0.1, -0.05) is 13.0 Å². The van der Waals surface area contributed by atoms with Crippen LogP contribution in [0.5, 0.6) is 5.75 Å². The molecule has 162 valence electrons. The Morgan fingerprint density at radius 3 is 2.65 bits per heavy atom. The van der Waals surface area contributed by atoms with Crippen molar-refractivity contribution in [2.75, 3.05) is 13.6 Å². The number of aromatic hydroxyl groups is 1. The molecular formula is C22H23FN4O4. The van der Waals surface area contributed by atoms with Gasteiger partial charge >= 0.3 is 0 Å². The van der Waals surface area contributed by atoms with Crippen LogP contribution >= 0.6 is 0 Å². The first-order valence-corrected chi connectivity index (χ1v) is 9.77. The van der Waals surface area contributed by atoms with Crippen LogP contribution in [0.4, 0.5) is 4.39 Å². The minimum atomic E-state index is -0.658. The van der Waals surface area contributed by atoms with Crippen molar-refractivity contribution in [3.05, 3.63) is 68.9 Å². The molecule has 2 amide bonds. The maximum absolute atomic E-state index is 13.6. The zero-order valence-corrected chi connectivity index (χ0v) is 17.5. The number of fused-ring (bicyclic) bond motifs is 1. The maximum Gasteiger partial charge on any atom is 0.267 e. The second-order valence-electron chi connectivity index (χ2n) is 7.11. The van der Waals surface area contributed by atoms with Gasteiger partial charge in [0.1, 0.15) is 16.9 Å².